The Hall–Kier alpha value is -0.920. The first-order valence-corrected chi connectivity index (χ1v) is 3.44. The average Bonchev–Trinajstić information content (AvgIpc) is 1.88. The van der Waals surface area contributed by atoms with Gasteiger partial charge in [0.1, 0.15) is 0 Å². The van der Waals surface area contributed by atoms with Gasteiger partial charge in [0.15, 0.2) is 0 Å². The normalized spacial score (nSPS) is 9.80. The van der Waals surface area contributed by atoms with E-state index in [2.05, 4.69) is 4.98 Å². The fourth-order valence-electron chi connectivity index (χ4n) is 0.846. The van der Waals surface area contributed by atoms with Crippen molar-refractivity contribution >= 4 is 0 Å². The van der Waals surface area contributed by atoms with Crippen molar-refractivity contribution in [2.24, 2.45) is 0 Å². The van der Waals surface area contributed by atoms with Gasteiger partial charge in [-0.15, -0.1) is 0 Å². The quantitative estimate of drug-likeness (QED) is 0.572. The molecule has 0 aromatic carbocycles. The summed E-state index contributed by atoms with van der Waals surface area (Å²) < 4.78 is 12.4. The van der Waals surface area contributed by atoms with E-state index in [1.54, 1.807) is 6.07 Å². The Morgan fingerprint density at radius 1 is 1.50 bits per heavy atom. The minimum absolute atomic E-state index is 0.383. The summed E-state index contributed by atoms with van der Waals surface area (Å²) in [6.45, 7) is 2.05. The Labute approximate surface area is 59.9 Å². The second-order valence-electron chi connectivity index (χ2n) is 2.20. The van der Waals surface area contributed by atoms with E-state index in [0.717, 1.165) is 18.5 Å². The zero-order chi connectivity index (χ0) is 7.40. The molecule has 0 radical (unpaired) electrons. The van der Waals surface area contributed by atoms with Crippen molar-refractivity contribution in [1.29, 1.82) is 0 Å². The van der Waals surface area contributed by atoms with E-state index in [4.69, 9.17) is 0 Å². The van der Waals surface area contributed by atoms with Crippen molar-refractivity contribution in [1.82, 2.24) is 4.98 Å². The Kier molecular flexibility index (Phi) is 2.37. The molecule has 0 amide bonds. The highest BCUT2D eigenvalue weighted by Crippen LogP contribution is 1.99. The molecular weight excluding hydrogens is 129 g/mol. The first-order chi connectivity index (χ1) is 4.83. The van der Waals surface area contributed by atoms with Crippen LogP contribution in [0.4, 0.5) is 4.39 Å². The number of halogens is 1. The van der Waals surface area contributed by atoms with Crippen LogP contribution in [0.25, 0.3) is 0 Å². The van der Waals surface area contributed by atoms with E-state index in [-0.39, 0.29) is 5.95 Å². The Balaban J connectivity index is 2.75. The molecule has 1 aromatic heterocycles. The molecule has 0 atom stereocenters. The third-order valence-electron chi connectivity index (χ3n) is 1.28. The third kappa shape index (κ3) is 1.79. The highest BCUT2D eigenvalue weighted by Gasteiger charge is 1.93. The van der Waals surface area contributed by atoms with Gasteiger partial charge in [-0.2, -0.15) is 4.39 Å². The van der Waals surface area contributed by atoms with E-state index in [1.807, 2.05) is 13.0 Å². The molecule has 0 saturated heterocycles. The second kappa shape index (κ2) is 3.30. The molecule has 0 aliphatic carbocycles. The number of aromatic nitrogens is 1. The van der Waals surface area contributed by atoms with Crippen molar-refractivity contribution in [2.45, 2.75) is 19.8 Å². The number of aryl methyl sites for hydroxylation is 1. The van der Waals surface area contributed by atoms with Gasteiger partial charge in [0.05, 0.1) is 0 Å². The Bertz CT molecular complexity index is 210. The van der Waals surface area contributed by atoms with Crippen LogP contribution in [0.2, 0.25) is 0 Å². The zero-order valence-electron chi connectivity index (χ0n) is 5.97. The summed E-state index contributed by atoms with van der Waals surface area (Å²) in [6, 6.07) is 4.89. The van der Waals surface area contributed by atoms with Crippen molar-refractivity contribution in [3.05, 3.63) is 29.8 Å². The van der Waals surface area contributed by atoms with Crippen LogP contribution in [0.3, 0.4) is 0 Å². The lowest BCUT2D eigenvalue weighted by Gasteiger charge is -1.94. The topological polar surface area (TPSA) is 12.9 Å². The van der Waals surface area contributed by atoms with Crippen LogP contribution in [-0.2, 0) is 6.42 Å². The summed E-state index contributed by atoms with van der Waals surface area (Å²) in [6.07, 6.45) is 1.87. The van der Waals surface area contributed by atoms with Gasteiger partial charge in [-0.3, -0.25) is 0 Å². The molecule has 1 aromatic rings. The Morgan fingerprint density at radius 3 is 2.90 bits per heavy atom. The molecule has 2 heteroatoms. The van der Waals surface area contributed by atoms with Gasteiger partial charge in [0.25, 0.3) is 0 Å². The van der Waals surface area contributed by atoms with E-state index in [0.29, 0.717) is 0 Å². The number of hydrogen-bond donors (Lipinski definition) is 0. The molecule has 1 rings (SSSR count). The fourth-order valence-corrected chi connectivity index (χ4v) is 0.846. The molecule has 54 valence electrons. The van der Waals surface area contributed by atoms with E-state index >= 15 is 0 Å². The maximum Gasteiger partial charge on any atom is 0.213 e. The number of pyridine rings is 1. The van der Waals surface area contributed by atoms with Gasteiger partial charge in [0.2, 0.25) is 5.95 Å². The summed E-state index contributed by atoms with van der Waals surface area (Å²) in [5.41, 5.74) is 0.836. The van der Waals surface area contributed by atoms with E-state index < -0.39 is 0 Å². The number of hydrogen-bond acceptors (Lipinski definition) is 1. The van der Waals surface area contributed by atoms with Crippen LogP contribution in [0.1, 0.15) is 19.0 Å². The fraction of sp³-hybridized carbons (Fsp3) is 0.375. The maximum atomic E-state index is 12.4. The monoisotopic (exact) mass is 139 g/mol. The lowest BCUT2D eigenvalue weighted by Crippen LogP contribution is -1.90. The minimum Gasteiger partial charge on any atom is -0.225 e. The average molecular weight is 139 g/mol. The SMILES string of the molecule is CCCc1cccc(F)n1. The molecule has 0 N–H and O–H groups in total. The van der Waals surface area contributed by atoms with Gasteiger partial charge < -0.3 is 0 Å². The summed E-state index contributed by atoms with van der Waals surface area (Å²) in [5, 5.41) is 0. The molecule has 0 bridgehead atoms. The lowest BCUT2D eigenvalue weighted by molar-refractivity contribution is 0.575. The largest absolute Gasteiger partial charge is 0.225 e. The van der Waals surface area contributed by atoms with Crippen LogP contribution in [0.5, 0.6) is 0 Å². The summed E-state index contributed by atoms with van der Waals surface area (Å²) >= 11 is 0. The molecular formula is C8H10FN. The van der Waals surface area contributed by atoms with Crippen molar-refractivity contribution < 1.29 is 4.39 Å². The predicted molar refractivity (Wildman–Crippen MR) is 38.2 cm³/mol. The molecule has 0 aliphatic heterocycles. The van der Waals surface area contributed by atoms with E-state index in [1.165, 1.54) is 6.07 Å². The van der Waals surface area contributed by atoms with Crippen molar-refractivity contribution in [2.75, 3.05) is 0 Å². The third-order valence-corrected chi connectivity index (χ3v) is 1.28. The smallest absolute Gasteiger partial charge is 0.213 e. The first-order valence-electron chi connectivity index (χ1n) is 3.44. The van der Waals surface area contributed by atoms with E-state index in [9.17, 15) is 4.39 Å². The molecule has 1 nitrogen and oxygen atoms in total. The van der Waals surface area contributed by atoms with Crippen molar-refractivity contribution in [3.8, 4) is 0 Å². The van der Waals surface area contributed by atoms with Crippen LogP contribution in [-0.4, -0.2) is 4.98 Å². The van der Waals surface area contributed by atoms with Gasteiger partial charge in [-0.05, 0) is 18.6 Å². The molecule has 0 fully saturated rings. The highest BCUT2D eigenvalue weighted by atomic mass is 19.1. The molecule has 0 spiro atoms. The van der Waals surface area contributed by atoms with Crippen LogP contribution >= 0.6 is 0 Å². The second-order valence-corrected chi connectivity index (χ2v) is 2.20. The molecule has 0 aliphatic rings. The standard InChI is InChI=1S/C8H10FN/c1-2-4-7-5-3-6-8(9)10-7/h3,5-6H,2,4H2,1H3. The number of nitrogens with zero attached hydrogens (tertiary/aromatic N) is 1. The Morgan fingerprint density at radius 2 is 2.30 bits per heavy atom. The first kappa shape index (κ1) is 7.19. The molecule has 1 heterocycles. The molecule has 0 saturated carbocycles. The summed E-state index contributed by atoms with van der Waals surface area (Å²) in [4.78, 5) is 3.70. The van der Waals surface area contributed by atoms with Gasteiger partial charge in [-0.1, -0.05) is 19.4 Å². The number of rotatable bonds is 2. The maximum absolute atomic E-state index is 12.4. The predicted octanol–water partition coefficient (Wildman–Crippen LogP) is 2.17. The van der Waals surface area contributed by atoms with Crippen LogP contribution in [0.15, 0.2) is 18.2 Å². The van der Waals surface area contributed by atoms with Crippen LogP contribution < -0.4 is 0 Å². The zero-order valence-corrected chi connectivity index (χ0v) is 5.97. The van der Waals surface area contributed by atoms with Gasteiger partial charge >= 0.3 is 0 Å². The molecule has 0 unspecified atom stereocenters. The van der Waals surface area contributed by atoms with Gasteiger partial charge in [-0.25, -0.2) is 4.98 Å². The summed E-state index contributed by atoms with van der Waals surface area (Å²) in [5.74, 6) is -0.383. The minimum atomic E-state index is -0.383. The van der Waals surface area contributed by atoms with Gasteiger partial charge in [0, 0.05) is 5.69 Å². The highest BCUT2D eigenvalue weighted by molar-refractivity contribution is 5.04. The van der Waals surface area contributed by atoms with Crippen LogP contribution in [0, 0.1) is 5.95 Å². The molecule has 10 heavy (non-hydrogen) atoms. The van der Waals surface area contributed by atoms with Crippen molar-refractivity contribution in [3.63, 3.8) is 0 Å². The lowest BCUT2D eigenvalue weighted by atomic mass is 10.2. The summed E-state index contributed by atoms with van der Waals surface area (Å²) in [7, 11) is 0.